The van der Waals surface area contributed by atoms with Gasteiger partial charge < -0.3 is 9.73 Å². The summed E-state index contributed by atoms with van der Waals surface area (Å²) < 4.78 is 44.3. The smallest absolute Gasteiger partial charge is 0.416 e. The molecule has 3 aromatic rings. The molecule has 1 aliphatic heterocycles. The first-order valence-electron chi connectivity index (χ1n) is 9.49. The van der Waals surface area contributed by atoms with Gasteiger partial charge in [-0.3, -0.25) is 4.79 Å². The van der Waals surface area contributed by atoms with Gasteiger partial charge in [0.1, 0.15) is 11.5 Å². The normalized spacial score (nSPS) is 17.8. The number of nitrogens with zero attached hydrogens (tertiary/aromatic N) is 2. The van der Waals surface area contributed by atoms with Crippen LogP contribution in [0.4, 0.5) is 13.2 Å². The van der Waals surface area contributed by atoms with Gasteiger partial charge in [0, 0.05) is 15.6 Å². The molecule has 1 fully saturated rings. The lowest BCUT2D eigenvalue weighted by atomic mass is 10.1. The van der Waals surface area contributed by atoms with Crippen LogP contribution in [0.15, 0.2) is 69.2 Å². The second-order valence-electron chi connectivity index (χ2n) is 6.97. The summed E-state index contributed by atoms with van der Waals surface area (Å²) in [7, 11) is 0. The average Bonchev–Trinajstić information content (AvgIpc) is 3.37. The van der Waals surface area contributed by atoms with Crippen LogP contribution in [-0.2, 0) is 17.4 Å². The van der Waals surface area contributed by atoms with E-state index in [-0.39, 0.29) is 17.2 Å². The molecule has 2 aromatic carbocycles. The molecule has 0 aliphatic carbocycles. The molecular weight excluding hydrogens is 498 g/mol. The number of alkyl halides is 3. The van der Waals surface area contributed by atoms with Crippen LogP contribution in [-0.4, -0.2) is 22.5 Å². The summed E-state index contributed by atoms with van der Waals surface area (Å²) in [4.78, 5) is 12.2. The van der Waals surface area contributed by atoms with Crippen LogP contribution in [0.25, 0.3) is 11.3 Å². The molecule has 0 bridgehead atoms. The number of carbonyl (C=O) groups is 1. The van der Waals surface area contributed by atoms with Crippen molar-refractivity contribution in [1.82, 2.24) is 5.32 Å². The van der Waals surface area contributed by atoms with Gasteiger partial charge >= 0.3 is 6.18 Å². The lowest BCUT2D eigenvalue weighted by Crippen LogP contribution is -2.26. The second kappa shape index (κ2) is 9.62. The van der Waals surface area contributed by atoms with Crippen LogP contribution in [0.3, 0.4) is 0 Å². The van der Waals surface area contributed by atoms with Gasteiger partial charge in [-0.25, -0.2) is 0 Å². The molecule has 4 rings (SSSR count). The maximum Gasteiger partial charge on any atom is 0.416 e. The van der Waals surface area contributed by atoms with Gasteiger partial charge in [0.2, 0.25) is 5.91 Å². The highest BCUT2D eigenvalue weighted by Crippen LogP contribution is 2.32. The summed E-state index contributed by atoms with van der Waals surface area (Å²) in [5.41, 5.74) is 0.275. The molecule has 1 aliphatic rings. The SMILES string of the molecule is O=C1N/C(=N\N=C/c2ccc(-c3cccc(C(F)(F)F)c3)o2)S[C@H]1Cc1cc(Cl)ccc1Cl. The summed E-state index contributed by atoms with van der Waals surface area (Å²) >= 11 is 13.4. The van der Waals surface area contributed by atoms with Crippen molar-refractivity contribution in [3.63, 3.8) is 0 Å². The van der Waals surface area contributed by atoms with Crippen molar-refractivity contribution < 1.29 is 22.4 Å². The quantitative estimate of drug-likeness (QED) is 0.316. The highest BCUT2D eigenvalue weighted by atomic mass is 35.5. The number of nitrogens with one attached hydrogen (secondary N) is 1. The van der Waals surface area contributed by atoms with Gasteiger partial charge in [-0.15, -0.1) is 5.10 Å². The molecule has 0 radical (unpaired) electrons. The fraction of sp³-hybridized carbons (Fsp3) is 0.136. The molecule has 5 nitrogen and oxygen atoms in total. The molecule has 1 N–H and O–H groups in total. The Bertz CT molecular complexity index is 1260. The number of carbonyl (C=O) groups excluding carboxylic acids is 1. The predicted octanol–water partition coefficient (Wildman–Crippen LogP) is 6.44. The lowest BCUT2D eigenvalue weighted by molar-refractivity contribution is -0.137. The monoisotopic (exact) mass is 511 g/mol. The molecular formula is C22H14Cl2F3N3O2S. The van der Waals surface area contributed by atoms with Crippen molar-refractivity contribution in [1.29, 1.82) is 0 Å². The van der Waals surface area contributed by atoms with Crippen LogP contribution < -0.4 is 5.32 Å². The Hall–Kier alpha value is -2.75. The Balaban J connectivity index is 1.41. The maximum absolute atomic E-state index is 12.9. The van der Waals surface area contributed by atoms with Crippen LogP contribution in [0.5, 0.6) is 0 Å². The van der Waals surface area contributed by atoms with Gasteiger partial charge in [0.05, 0.1) is 17.0 Å². The Kier molecular flexibility index (Phi) is 6.83. The zero-order valence-electron chi connectivity index (χ0n) is 16.6. The highest BCUT2D eigenvalue weighted by Gasteiger charge is 2.31. The van der Waals surface area contributed by atoms with Crippen LogP contribution in [0.2, 0.25) is 10.0 Å². The standard InChI is InChI=1S/C22H14Cl2F3N3O2S/c23-15-4-6-17(24)13(9-15)10-19-20(31)29-21(33-19)30-28-11-16-5-7-18(32-16)12-2-1-3-14(8-12)22(25,26)27/h1-9,11,19H,10H2,(H,29,30,31)/b28-11-/t19-/m0/s1. The zero-order valence-corrected chi connectivity index (χ0v) is 18.9. The summed E-state index contributed by atoms with van der Waals surface area (Å²) in [5.74, 6) is 0.329. The Morgan fingerprint density at radius 3 is 2.73 bits per heavy atom. The molecule has 33 heavy (non-hydrogen) atoms. The molecule has 0 unspecified atom stereocenters. The Morgan fingerprint density at radius 2 is 1.94 bits per heavy atom. The summed E-state index contributed by atoms with van der Waals surface area (Å²) in [6, 6.07) is 13.0. The molecule has 1 aromatic heterocycles. The van der Waals surface area contributed by atoms with Crippen molar-refractivity contribution in [2.75, 3.05) is 0 Å². The van der Waals surface area contributed by atoms with E-state index in [4.69, 9.17) is 27.6 Å². The number of benzene rings is 2. The Morgan fingerprint density at radius 1 is 1.12 bits per heavy atom. The summed E-state index contributed by atoms with van der Waals surface area (Å²) in [6.45, 7) is 0. The van der Waals surface area contributed by atoms with E-state index in [2.05, 4.69) is 15.5 Å². The first-order chi connectivity index (χ1) is 15.7. The second-order valence-corrected chi connectivity index (χ2v) is 9.00. The molecule has 1 atom stereocenters. The topological polar surface area (TPSA) is 67.0 Å². The van der Waals surface area contributed by atoms with Crippen molar-refractivity contribution >= 4 is 52.3 Å². The maximum atomic E-state index is 12.9. The predicted molar refractivity (Wildman–Crippen MR) is 124 cm³/mol. The van der Waals surface area contributed by atoms with E-state index < -0.39 is 17.0 Å². The number of hydrogen-bond acceptors (Lipinski definition) is 5. The number of amidine groups is 1. The van der Waals surface area contributed by atoms with Crippen LogP contribution in [0.1, 0.15) is 16.9 Å². The molecule has 170 valence electrons. The zero-order chi connectivity index (χ0) is 23.6. The van der Waals surface area contributed by atoms with Gasteiger partial charge in [0.25, 0.3) is 0 Å². The van der Waals surface area contributed by atoms with E-state index >= 15 is 0 Å². The molecule has 2 heterocycles. The number of thioether (sulfide) groups is 1. The first kappa shape index (κ1) is 23.4. The van der Waals surface area contributed by atoms with Gasteiger partial charge in [-0.05, 0) is 54.4 Å². The molecule has 11 heteroatoms. The van der Waals surface area contributed by atoms with E-state index in [1.807, 2.05) is 0 Å². The molecule has 1 amide bonds. The van der Waals surface area contributed by atoms with E-state index in [0.29, 0.717) is 27.4 Å². The lowest BCUT2D eigenvalue weighted by Gasteiger charge is -2.07. The van der Waals surface area contributed by atoms with Gasteiger partial charge in [-0.1, -0.05) is 47.1 Å². The van der Waals surface area contributed by atoms with E-state index in [1.54, 1.807) is 30.3 Å². The van der Waals surface area contributed by atoms with Gasteiger partial charge in [0.15, 0.2) is 5.17 Å². The third kappa shape index (κ3) is 5.79. The average molecular weight is 512 g/mol. The molecule has 0 spiro atoms. The number of furan rings is 1. The van der Waals surface area contributed by atoms with Crippen molar-refractivity contribution in [2.45, 2.75) is 17.8 Å². The fourth-order valence-corrected chi connectivity index (χ4v) is 4.39. The minimum absolute atomic E-state index is 0.227. The van der Waals surface area contributed by atoms with Crippen LogP contribution >= 0.6 is 35.0 Å². The van der Waals surface area contributed by atoms with Crippen molar-refractivity contribution in [3.05, 3.63) is 81.5 Å². The highest BCUT2D eigenvalue weighted by molar-refractivity contribution is 8.15. The molecule has 1 saturated heterocycles. The van der Waals surface area contributed by atoms with E-state index in [1.165, 1.54) is 30.1 Å². The number of amides is 1. The first-order valence-corrected chi connectivity index (χ1v) is 11.1. The number of hydrogen-bond donors (Lipinski definition) is 1. The largest absolute Gasteiger partial charge is 0.455 e. The Labute approximate surface area is 200 Å². The van der Waals surface area contributed by atoms with Crippen LogP contribution in [0, 0.1) is 0 Å². The van der Waals surface area contributed by atoms with E-state index in [0.717, 1.165) is 17.7 Å². The van der Waals surface area contributed by atoms with Crippen molar-refractivity contribution in [2.24, 2.45) is 10.2 Å². The molecule has 0 saturated carbocycles. The minimum Gasteiger partial charge on any atom is -0.455 e. The van der Waals surface area contributed by atoms with Gasteiger partial charge in [-0.2, -0.15) is 18.3 Å². The summed E-state index contributed by atoms with van der Waals surface area (Å²) in [6.07, 6.45) is -2.77. The number of rotatable bonds is 5. The minimum atomic E-state index is -4.44. The third-order valence-corrected chi connectivity index (χ3v) is 6.30. The van der Waals surface area contributed by atoms with E-state index in [9.17, 15) is 18.0 Å². The number of halogens is 5. The third-order valence-electron chi connectivity index (χ3n) is 4.62. The van der Waals surface area contributed by atoms with Crippen molar-refractivity contribution in [3.8, 4) is 11.3 Å². The fourth-order valence-electron chi connectivity index (χ4n) is 3.05. The summed E-state index contributed by atoms with van der Waals surface area (Å²) in [5, 5.41) is 11.4.